The number of fused-ring (bicyclic) bond motifs is 2. The van der Waals surface area contributed by atoms with Crippen LogP contribution in [0.15, 0.2) is 97.3 Å². The molecule has 560 valence electrons. The highest BCUT2D eigenvalue weighted by atomic mass is 32.2. The predicted octanol–water partition coefficient (Wildman–Crippen LogP) is 2.43. The topological polar surface area (TPSA) is 520 Å². The number of unbranched alkanes of at least 4 members (excludes halogenated alkanes) is 2. The van der Waals surface area contributed by atoms with Gasteiger partial charge in [0.25, 0.3) is 10.1 Å². The third kappa shape index (κ3) is 24.8. The number of benzene rings is 2. The van der Waals surface area contributed by atoms with Crippen LogP contribution in [0.5, 0.6) is 0 Å². The van der Waals surface area contributed by atoms with Crippen LogP contribution in [0.3, 0.4) is 0 Å². The maximum atomic E-state index is 14.4. The Morgan fingerprint density at radius 2 is 1.25 bits per heavy atom. The number of guanidine groups is 4. The third-order valence-corrected chi connectivity index (χ3v) is 20.6. The molecule has 1 fully saturated rings. The molecule has 3 heterocycles. The highest BCUT2D eigenvalue weighted by molar-refractivity contribution is 8.00. The minimum absolute atomic E-state index is 0.0102. The van der Waals surface area contributed by atoms with Gasteiger partial charge in [0.1, 0.15) is 6.54 Å². The van der Waals surface area contributed by atoms with Gasteiger partial charge < -0.3 is 72.5 Å². The Morgan fingerprint density at radius 1 is 0.686 bits per heavy atom. The van der Waals surface area contributed by atoms with E-state index in [1.807, 2.05) is 38.2 Å². The van der Waals surface area contributed by atoms with Gasteiger partial charge in [-0.25, -0.2) is 0 Å². The summed E-state index contributed by atoms with van der Waals surface area (Å²) in [5.74, 6) is -7.97. The molecule has 0 radical (unpaired) electrons. The summed E-state index contributed by atoms with van der Waals surface area (Å²) in [6, 6.07) is 8.86. The van der Waals surface area contributed by atoms with Crippen LogP contribution in [0.2, 0.25) is 0 Å². The first kappa shape index (κ1) is 83.5. The zero-order chi connectivity index (χ0) is 75.6. The first-order valence-electron chi connectivity index (χ1n) is 34.7. The van der Waals surface area contributed by atoms with Crippen LogP contribution in [0, 0.1) is 24.7 Å². The van der Waals surface area contributed by atoms with Gasteiger partial charge in [-0.3, -0.25) is 67.8 Å². The second kappa shape index (κ2) is 39.3. The number of anilines is 1. The van der Waals surface area contributed by atoms with Crippen molar-refractivity contribution in [1.29, 1.82) is 0 Å². The number of hydrogen-bond donors (Lipinski definition) is 13. The van der Waals surface area contributed by atoms with E-state index in [2.05, 4.69) is 97.4 Å². The van der Waals surface area contributed by atoms with Crippen LogP contribution in [-0.4, -0.2) is 174 Å². The van der Waals surface area contributed by atoms with Gasteiger partial charge >= 0.3 is 0 Å². The quantitative estimate of drug-likeness (QED) is 0.00861. The van der Waals surface area contributed by atoms with Crippen molar-refractivity contribution in [2.75, 3.05) is 63.0 Å². The van der Waals surface area contributed by atoms with Crippen LogP contribution in [0.25, 0.3) is 0 Å². The molecule has 0 aliphatic carbocycles. The first-order valence-corrected chi connectivity index (χ1v) is 37.2. The van der Waals surface area contributed by atoms with E-state index < -0.39 is 98.1 Å². The van der Waals surface area contributed by atoms with E-state index in [1.54, 1.807) is 13.0 Å². The molecule has 102 heavy (non-hydrogen) atoms. The van der Waals surface area contributed by atoms with Gasteiger partial charge in [0.2, 0.25) is 41.1 Å². The van der Waals surface area contributed by atoms with E-state index in [9.17, 15) is 51.3 Å². The Bertz CT molecular complexity index is 3720. The number of rotatable bonds is 44. The van der Waals surface area contributed by atoms with Crippen LogP contribution < -0.4 is 72.5 Å². The summed E-state index contributed by atoms with van der Waals surface area (Å²) < 4.78 is 36.7. The van der Waals surface area contributed by atoms with Crippen molar-refractivity contribution in [2.24, 2.45) is 89.3 Å². The number of likely N-dealkylation sites (N-methyl/N-ethyl adjacent to an activating group) is 1. The number of aryl methyl sites for hydroxylation is 1. The standard InChI is InChI=1S/C70H107N19O11S2/c1-8-87-52-28-26-43(2)37-48(52)69(4,5)57(87)23-11-9-12-24-58-70(6,7)49-40-47(102(98,99)100)27-29-53(49)88(58)35-14-10-13-25-59(92)80-34-36-89-60(93)41-56(64(89)97)101-42-46(61(71)94)39-55(91)51(22-18-33-84-68(78)79)86-63(96)45(20-16-31-82-66(74)75)38-54(90)50(21-17-32-83-67(76)77)85-62(95)44(3)19-15-30-81-65(72)73/h9,11-12,23-24,26-29,37,40,44-46,50-51,56H,8,10,13-22,25,30-36,38-39,41-42H2,1-7H3,(H21-,71,72,73,74,75,76,77,78,79,80,81,82,83,84,85,86,92,94,95,96,98,99,100)/p+1/t44-,45+,46-,50-,51-,56?/m1/s1. The second-order valence-corrected chi connectivity index (χ2v) is 29.7. The molecule has 3 aliphatic heterocycles. The SMILES string of the molecule is CCN1C(=CC=CC=CC2=[N+](CCCCCC(=O)NCCN3C(=O)CC(SC[C@@H](CC(=O)[C@@H](CCCN=C(N)N)NC(=O)[C@@H](CCCN=C(N)N)CC(=O)[C@@H](CCCN=C(N)N)NC(=O)[C@H](C)CCCN=C(N)N)C(N)=O)C3=O)c3ccc(S(=O)(=O)O)cc3C2(C)C)C(C)(C)c2cc(C)ccc21. The lowest BCUT2D eigenvalue weighted by molar-refractivity contribution is -0.438. The van der Waals surface area contributed by atoms with E-state index in [0.29, 0.717) is 45.2 Å². The summed E-state index contributed by atoms with van der Waals surface area (Å²) in [6.07, 6.45) is 12.8. The fourth-order valence-electron chi connectivity index (χ4n) is 12.8. The summed E-state index contributed by atoms with van der Waals surface area (Å²) in [5.41, 5.74) is 56.6. The van der Waals surface area contributed by atoms with E-state index in [1.165, 1.54) is 34.6 Å². The number of thioether (sulfide) groups is 1. The molecule has 2 aromatic rings. The number of nitrogens with two attached hydrogens (primary N) is 9. The Labute approximate surface area is 603 Å². The summed E-state index contributed by atoms with van der Waals surface area (Å²) in [6.45, 7) is 16.2. The lowest BCUT2D eigenvalue weighted by atomic mass is 9.81. The number of likely N-dealkylation sites (tertiary alicyclic amines) is 1. The van der Waals surface area contributed by atoms with Crippen LogP contribution >= 0.6 is 11.8 Å². The second-order valence-electron chi connectivity index (χ2n) is 27.0. The number of hydrogen-bond acceptors (Lipinski definition) is 16. The van der Waals surface area contributed by atoms with Crippen molar-refractivity contribution in [1.82, 2.24) is 20.9 Å². The number of primary amides is 1. The number of Topliss-reactive ketones (excluding diaryl/α,β-unsaturated/α-hetero) is 2. The largest absolute Gasteiger partial charge is 0.370 e. The maximum absolute atomic E-state index is 14.4. The molecule has 1 saturated heterocycles. The number of allylic oxidation sites excluding steroid dienone is 6. The summed E-state index contributed by atoms with van der Waals surface area (Å²) in [4.78, 5) is 129. The monoisotopic (exact) mass is 1450 g/mol. The normalized spacial score (nSPS) is 17.2. The van der Waals surface area contributed by atoms with Gasteiger partial charge in [-0.2, -0.15) is 13.0 Å². The smallest absolute Gasteiger partial charge is 0.294 e. The molecule has 32 heteroatoms. The maximum Gasteiger partial charge on any atom is 0.294 e. The van der Waals surface area contributed by atoms with Crippen molar-refractivity contribution >= 4 is 110 Å². The van der Waals surface area contributed by atoms with Crippen LogP contribution in [0.1, 0.15) is 155 Å². The molecule has 2 aromatic carbocycles. The van der Waals surface area contributed by atoms with Crippen molar-refractivity contribution < 1.29 is 55.9 Å². The van der Waals surface area contributed by atoms with Crippen LogP contribution in [-0.2, 0) is 59.3 Å². The Hall–Kier alpha value is -9.17. The number of aliphatic imine (C=N–C) groups is 4. The summed E-state index contributed by atoms with van der Waals surface area (Å²) >= 11 is 0.983. The van der Waals surface area contributed by atoms with Gasteiger partial charge in [0.15, 0.2) is 41.1 Å². The van der Waals surface area contributed by atoms with Crippen molar-refractivity contribution in [3.63, 3.8) is 0 Å². The van der Waals surface area contributed by atoms with Crippen molar-refractivity contribution in [3.8, 4) is 0 Å². The Kier molecular flexibility index (Phi) is 32.2. The van der Waals surface area contributed by atoms with Gasteiger partial charge in [-0.1, -0.05) is 56.7 Å². The molecule has 0 bridgehead atoms. The zero-order valence-electron chi connectivity index (χ0n) is 60.0. The number of carbonyl (C=O) groups excluding carboxylic acids is 8. The first-order chi connectivity index (χ1) is 48.1. The highest BCUT2D eigenvalue weighted by Gasteiger charge is 2.46. The lowest BCUT2D eigenvalue weighted by Gasteiger charge is -2.25. The highest BCUT2D eigenvalue weighted by Crippen LogP contribution is 2.48. The Balaban J connectivity index is 1.18. The fraction of sp³-hybridized carbons (Fsp3) is 0.557. The number of carbonyl (C=O) groups is 8. The summed E-state index contributed by atoms with van der Waals surface area (Å²) in [5, 5.41) is 7.49. The van der Waals surface area contributed by atoms with Gasteiger partial charge in [-0.15, -0.1) is 11.8 Å². The molecule has 0 aromatic heterocycles. The van der Waals surface area contributed by atoms with Gasteiger partial charge in [0, 0.05) is 130 Å². The van der Waals surface area contributed by atoms with Crippen LogP contribution in [0.4, 0.5) is 11.4 Å². The molecule has 6 amide bonds. The van der Waals surface area contributed by atoms with E-state index in [4.69, 9.17) is 51.6 Å². The number of nitrogens with one attached hydrogen (secondary N) is 3. The molecule has 0 saturated carbocycles. The zero-order valence-corrected chi connectivity index (χ0v) is 61.6. The molecule has 5 rings (SSSR count). The number of imide groups is 1. The molecule has 1 unspecified atom stereocenters. The fourth-order valence-corrected chi connectivity index (χ4v) is 14.6. The third-order valence-electron chi connectivity index (χ3n) is 18.4. The molecular formula is C70H108N19O11S2+. The predicted molar refractivity (Wildman–Crippen MR) is 400 cm³/mol. The molecule has 6 atom stereocenters. The minimum Gasteiger partial charge on any atom is -0.370 e. The molecule has 22 N–H and O–H groups in total. The molecular weight excluding hydrogens is 1350 g/mol. The molecule has 3 aliphatic rings. The van der Waals surface area contributed by atoms with Crippen molar-refractivity contribution in [3.05, 3.63) is 89.2 Å². The average Bonchev–Trinajstić information content (AvgIpc) is 1.60. The summed E-state index contributed by atoms with van der Waals surface area (Å²) in [7, 11) is -4.48. The van der Waals surface area contributed by atoms with E-state index >= 15 is 0 Å². The number of nitrogens with zero attached hydrogens (tertiary/aromatic N) is 7. The van der Waals surface area contributed by atoms with Crippen molar-refractivity contribution in [2.45, 2.75) is 178 Å². The average molecular weight is 1460 g/mol. The van der Waals surface area contributed by atoms with E-state index in [-0.39, 0.29) is 136 Å². The van der Waals surface area contributed by atoms with Gasteiger partial charge in [0.05, 0.1) is 33.6 Å². The van der Waals surface area contributed by atoms with E-state index in [0.717, 1.165) is 40.2 Å². The number of ketones is 2. The lowest BCUT2D eigenvalue weighted by Crippen LogP contribution is -2.47. The molecule has 30 nitrogen and oxygen atoms in total. The minimum atomic E-state index is -4.48. The molecule has 0 spiro atoms. The van der Waals surface area contributed by atoms with Gasteiger partial charge in [-0.05, 0) is 122 Å². The Morgan fingerprint density at radius 3 is 1.82 bits per heavy atom. The number of amides is 6.